The minimum absolute atomic E-state index is 0.0990. The van der Waals surface area contributed by atoms with E-state index in [9.17, 15) is 9.50 Å². The maximum atomic E-state index is 13.1. The van der Waals surface area contributed by atoms with Crippen LogP contribution in [0, 0.1) is 5.82 Å². The van der Waals surface area contributed by atoms with Crippen LogP contribution in [0.5, 0.6) is 11.5 Å². The van der Waals surface area contributed by atoms with Crippen LogP contribution in [0.2, 0.25) is 0 Å². The maximum Gasteiger partial charge on any atom is 0.123 e. The molecule has 2 N–H and O–H groups in total. The zero-order valence-electron chi connectivity index (χ0n) is 11.4. The number of phenolic OH excluding ortho intramolecular Hbond substituents is 1. The largest absolute Gasteiger partial charge is 0.508 e. The highest BCUT2D eigenvalue weighted by Crippen LogP contribution is 2.18. The number of rotatable bonds is 6. The Morgan fingerprint density at radius 2 is 2.00 bits per heavy atom. The van der Waals surface area contributed by atoms with Gasteiger partial charge in [0.25, 0.3) is 0 Å². The Labute approximate surface area is 118 Å². The molecule has 0 saturated carbocycles. The Balaban J connectivity index is 1.92. The van der Waals surface area contributed by atoms with Crippen molar-refractivity contribution in [2.24, 2.45) is 0 Å². The molecule has 0 fully saturated rings. The van der Waals surface area contributed by atoms with Gasteiger partial charge in [0.1, 0.15) is 17.3 Å². The van der Waals surface area contributed by atoms with Crippen molar-refractivity contribution in [2.45, 2.75) is 20.0 Å². The lowest BCUT2D eigenvalue weighted by Gasteiger charge is -2.09. The first-order valence-electron chi connectivity index (χ1n) is 6.59. The van der Waals surface area contributed by atoms with E-state index < -0.39 is 0 Å². The maximum absolute atomic E-state index is 13.1. The second kappa shape index (κ2) is 6.91. The molecule has 0 heterocycles. The van der Waals surface area contributed by atoms with Crippen molar-refractivity contribution in [3.05, 3.63) is 59.4 Å². The van der Waals surface area contributed by atoms with Gasteiger partial charge in [0.2, 0.25) is 0 Å². The molecule has 0 atom stereocenters. The summed E-state index contributed by atoms with van der Waals surface area (Å²) in [6.07, 6.45) is 0. The topological polar surface area (TPSA) is 41.5 Å². The number of nitrogens with one attached hydrogen (secondary N) is 1. The Hall–Kier alpha value is -2.07. The standard InChI is InChI=1S/C16H18FNO2/c1-2-20-15-5-3-4-12(8-15)10-18-11-13-9-14(17)6-7-16(13)19/h3-9,18-19H,2,10-11H2,1H3. The fraction of sp³-hybridized carbons (Fsp3) is 0.250. The van der Waals surface area contributed by atoms with Gasteiger partial charge in [-0.1, -0.05) is 12.1 Å². The number of hydrogen-bond donors (Lipinski definition) is 2. The van der Waals surface area contributed by atoms with Gasteiger partial charge >= 0.3 is 0 Å². The Kier molecular flexibility index (Phi) is 4.96. The van der Waals surface area contributed by atoms with Crippen molar-refractivity contribution < 1.29 is 14.2 Å². The number of hydrogen-bond acceptors (Lipinski definition) is 3. The lowest BCUT2D eigenvalue weighted by molar-refractivity contribution is 0.340. The average Bonchev–Trinajstić information content (AvgIpc) is 2.43. The first kappa shape index (κ1) is 14.3. The van der Waals surface area contributed by atoms with Crippen molar-refractivity contribution in [3.63, 3.8) is 0 Å². The van der Waals surface area contributed by atoms with Gasteiger partial charge in [-0.2, -0.15) is 0 Å². The van der Waals surface area contributed by atoms with Gasteiger partial charge in [-0.3, -0.25) is 0 Å². The molecular weight excluding hydrogens is 257 g/mol. The van der Waals surface area contributed by atoms with Crippen LogP contribution in [0.25, 0.3) is 0 Å². The second-order valence-electron chi connectivity index (χ2n) is 4.46. The highest BCUT2D eigenvalue weighted by Gasteiger charge is 2.03. The highest BCUT2D eigenvalue weighted by molar-refractivity contribution is 5.32. The van der Waals surface area contributed by atoms with Crippen LogP contribution < -0.4 is 10.1 Å². The predicted octanol–water partition coefficient (Wildman–Crippen LogP) is 3.22. The number of aromatic hydroxyl groups is 1. The van der Waals surface area contributed by atoms with Crippen molar-refractivity contribution in [2.75, 3.05) is 6.61 Å². The van der Waals surface area contributed by atoms with E-state index >= 15 is 0 Å². The third-order valence-electron chi connectivity index (χ3n) is 2.90. The van der Waals surface area contributed by atoms with Crippen LogP contribution in [0.3, 0.4) is 0 Å². The van der Waals surface area contributed by atoms with Crippen molar-refractivity contribution in [3.8, 4) is 11.5 Å². The Morgan fingerprint density at radius 1 is 1.15 bits per heavy atom. The van der Waals surface area contributed by atoms with Gasteiger partial charge in [0.05, 0.1) is 6.61 Å². The highest BCUT2D eigenvalue weighted by atomic mass is 19.1. The van der Waals surface area contributed by atoms with E-state index in [0.717, 1.165) is 11.3 Å². The molecule has 2 rings (SSSR count). The molecule has 0 aromatic heterocycles. The van der Waals surface area contributed by atoms with E-state index in [0.29, 0.717) is 25.3 Å². The minimum atomic E-state index is -0.349. The molecule has 0 bridgehead atoms. The zero-order chi connectivity index (χ0) is 14.4. The summed E-state index contributed by atoms with van der Waals surface area (Å²) in [5.41, 5.74) is 1.62. The fourth-order valence-electron chi connectivity index (χ4n) is 1.95. The van der Waals surface area contributed by atoms with E-state index in [4.69, 9.17) is 4.74 Å². The van der Waals surface area contributed by atoms with Crippen LogP contribution in [0.15, 0.2) is 42.5 Å². The molecule has 106 valence electrons. The summed E-state index contributed by atoms with van der Waals surface area (Å²) < 4.78 is 18.5. The van der Waals surface area contributed by atoms with E-state index in [1.807, 2.05) is 31.2 Å². The number of benzene rings is 2. The SMILES string of the molecule is CCOc1cccc(CNCc2cc(F)ccc2O)c1. The number of ether oxygens (including phenoxy) is 1. The van der Waals surface area contributed by atoms with Crippen molar-refractivity contribution in [1.82, 2.24) is 5.32 Å². The molecular formula is C16H18FNO2. The van der Waals surface area contributed by atoms with Crippen LogP contribution in [0.1, 0.15) is 18.1 Å². The molecule has 0 radical (unpaired) electrons. The summed E-state index contributed by atoms with van der Waals surface area (Å²) in [5.74, 6) is 0.584. The Bertz CT molecular complexity index is 572. The summed E-state index contributed by atoms with van der Waals surface area (Å²) in [6.45, 7) is 3.60. The summed E-state index contributed by atoms with van der Waals surface area (Å²) in [5, 5.41) is 12.8. The number of phenols is 1. The Morgan fingerprint density at radius 3 is 2.80 bits per heavy atom. The van der Waals surface area contributed by atoms with E-state index in [1.165, 1.54) is 18.2 Å². The monoisotopic (exact) mass is 275 g/mol. The molecule has 0 spiro atoms. The minimum Gasteiger partial charge on any atom is -0.508 e. The third kappa shape index (κ3) is 3.96. The van der Waals surface area contributed by atoms with Gasteiger partial charge in [0.15, 0.2) is 0 Å². The molecule has 0 aliphatic carbocycles. The molecule has 2 aromatic carbocycles. The quantitative estimate of drug-likeness (QED) is 0.850. The van der Waals surface area contributed by atoms with Crippen molar-refractivity contribution >= 4 is 0 Å². The first-order valence-corrected chi connectivity index (χ1v) is 6.59. The zero-order valence-corrected chi connectivity index (χ0v) is 11.4. The van der Waals surface area contributed by atoms with Crippen LogP contribution >= 0.6 is 0 Å². The molecule has 0 aliphatic heterocycles. The third-order valence-corrected chi connectivity index (χ3v) is 2.90. The van der Waals surface area contributed by atoms with Gasteiger partial charge in [0, 0.05) is 18.7 Å². The molecule has 0 saturated heterocycles. The molecule has 0 unspecified atom stereocenters. The predicted molar refractivity (Wildman–Crippen MR) is 76.2 cm³/mol. The van der Waals surface area contributed by atoms with Gasteiger partial charge in [-0.15, -0.1) is 0 Å². The van der Waals surface area contributed by atoms with Crippen LogP contribution in [-0.4, -0.2) is 11.7 Å². The summed E-state index contributed by atoms with van der Waals surface area (Å²) in [7, 11) is 0. The lowest BCUT2D eigenvalue weighted by atomic mass is 10.1. The fourth-order valence-corrected chi connectivity index (χ4v) is 1.95. The van der Waals surface area contributed by atoms with E-state index in [1.54, 1.807) is 0 Å². The molecule has 0 amide bonds. The molecule has 0 aliphatic rings. The van der Waals surface area contributed by atoms with Crippen molar-refractivity contribution in [1.29, 1.82) is 0 Å². The molecule has 2 aromatic rings. The van der Waals surface area contributed by atoms with Gasteiger partial charge in [-0.25, -0.2) is 4.39 Å². The molecule has 3 nitrogen and oxygen atoms in total. The first-order chi connectivity index (χ1) is 9.69. The van der Waals surface area contributed by atoms with Gasteiger partial charge < -0.3 is 15.2 Å². The second-order valence-corrected chi connectivity index (χ2v) is 4.46. The smallest absolute Gasteiger partial charge is 0.123 e. The van der Waals surface area contributed by atoms with Gasteiger partial charge in [-0.05, 0) is 42.8 Å². The number of halogens is 1. The normalized spacial score (nSPS) is 10.5. The summed E-state index contributed by atoms with van der Waals surface area (Å²) in [6, 6.07) is 11.7. The van der Waals surface area contributed by atoms with E-state index in [-0.39, 0.29) is 11.6 Å². The molecule has 20 heavy (non-hydrogen) atoms. The molecule has 4 heteroatoms. The summed E-state index contributed by atoms with van der Waals surface area (Å²) >= 11 is 0. The van der Waals surface area contributed by atoms with Crippen LogP contribution in [-0.2, 0) is 13.1 Å². The van der Waals surface area contributed by atoms with Crippen LogP contribution in [0.4, 0.5) is 4.39 Å². The lowest BCUT2D eigenvalue weighted by Crippen LogP contribution is -2.13. The average molecular weight is 275 g/mol. The van der Waals surface area contributed by atoms with E-state index in [2.05, 4.69) is 5.32 Å². The summed E-state index contributed by atoms with van der Waals surface area (Å²) in [4.78, 5) is 0.